The first-order valence-electron chi connectivity index (χ1n) is 8.08. The van der Waals surface area contributed by atoms with Gasteiger partial charge in [-0.3, -0.25) is 9.59 Å². The van der Waals surface area contributed by atoms with Gasteiger partial charge in [0.1, 0.15) is 5.83 Å². The molecule has 116 valence electrons. The zero-order chi connectivity index (χ0) is 14.8. The van der Waals surface area contributed by atoms with Gasteiger partial charge in [-0.15, -0.1) is 0 Å². The summed E-state index contributed by atoms with van der Waals surface area (Å²) in [5.41, 5.74) is 0. The van der Waals surface area contributed by atoms with E-state index in [9.17, 15) is 14.0 Å². The summed E-state index contributed by atoms with van der Waals surface area (Å²) in [6, 6.07) is 0.321. The van der Waals surface area contributed by atoms with Crippen LogP contribution in [0.25, 0.3) is 0 Å². The molecule has 21 heavy (non-hydrogen) atoms. The Morgan fingerprint density at radius 1 is 1.24 bits per heavy atom. The molecule has 0 radical (unpaired) electrons. The van der Waals surface area contributed by atoms with Crippen LogP contribution >= 0.6 is 0 Å². The molecule has 4 nitrogen and oxygen atoms in total. The summed E-state index contributed by atoms with van der Waals surface area (Å²) in [4.78, 5) is 28.2. The van der Waals surface area contributed by atoms with Crippen LogP contribution in [-0.4, -0.2) is 47.3 Å². The third-order valence-electron chi connectivity index (χ3n) is 4.94. The van der Waals surface area contributed by atoms with E-state index in [2.05, 4.69) is 0 Å². The Balaban J connectivity index is 1.61. The Kier molecular flexibility index (Phi) is 4.27. The van der Waals surface area contributed by atoms with Crippen molar-refractivity contribution >= 4 is 11.8 Å². The number of nitrogens with zero attached hydrogens (tertiary/aromatic N) is 2. The number of hydrogen-bond acceptors (Lipinski definition) is 2. The second kappa shape index (κ2) is 6.16. The van der Waals surface area contributed by atoms with Crippen LogP contribution in [0.1, 0.15) is 44.9 Å². The Morgan fingerprint density at radius 2 is 2.00 bits per heavy atom. The molecule has 5 heteroatoms. The van der Waals surface area contributed by atoms with Crippen molar-refractivity contribution in [1.82, 2.24) is 9.80 Å². The number of hydrogen-bond donors (Lipinski definition) is 0. The van der Waals surface area contributed by atoms with E-state index in [0.717, 1.165) is 12.8 Å². The Morgan fingerprint density at radius 3 is 2.71 bits per heavy atom. The van der Waals surface area contributed by atoms with Gasteiger partial charge in [-0.1, -0.05) is 19.3 Å². The average Bonchev–Trinajstić information content (AvgIpc) is 2.89. The van der Waals surface area contributed by atoms with Crippen molar-refractivity contribution in [2.45, 2.75) is 51.0 Å². The van der Waals surface area contributed by atoms with Crippen molar-refractivity contribution in [3.8, 4) is 0 Å². The predicted octanol–water partition coefficient (Wildman–Crippen LogP) is 2.25. The average molecular weight is 294 g/mol. The second-order valence-electron chi connectivity index (χ2n) is 6.44. The molecule has 1 saturated carbocycles. The van der Waals surface area contributed by atoms with Crippen LogP contribution in [0, 0.1) is 5.92 Å². The number of likely N-dealkylation sites (tertiary alicyclic amines) is 1. The van der Waals surface area contributed by atoms with E-state index in [1.54, 1.807) is 4.90 Å². The first-order chi connectivity index (χ1) is 10.1. The van der Waals surface area contributed by atoms with Crippen LogP contribution in [0.15, 0.2) is 11.9 Å². The van der Waals surface area contributed by atoms with Crippen LogP contribution < -0.4 is 0 Å². The number of rotatable bonds is 2. The van der Waals surface area contributed by atoms with E-state index in [4.69, 9.17) is 0 Å². The van der Waals surface area contributed by atoms with Gasteiger partial charge in [0.15, 0.2) is 0 Å². The molecule has 1 saturated heterocycles. The molecule has 1 aliphatic carbocycles. The predicted molar refractivity (Wildman–Crippen MR) is 77.1 cm³/mol. The summed E-state index contributed by atoms with van der Waals surface area (Å²) < 4.78 is 13.3. The zero-order valence-corrected chi connectivity index (χ0v) is 12.4. The molecule has 1 atom stereocenters. The highest BCUT2D eigenvalue weighted by atomic mass is 19.1. The number of halogens is 1. The van der Waals surface area contributed by atoms with Crippen molar-refractivity contribution < 1.29 is 14.0 Å². The molecule has 2 amide bonds. The molecule has 0 bridgehead atoms. The summed E-state index contributed by atoms with van der Waals surface area (Å²) in [6.07, 6.45) is 8.14. The third-order valence-corrected chi connectivity index (χ3v) is 4.94. The van der Waals surface area contributed by atoms with Crippen LogP contribution in [-0.2, 0) is 9.59 Å². The van der Waals surface area contributed by atoms with Gasteiger partial charge in [-0.2, -0.15) is 0 Å². The highest BCUT2D eigenvalue weighted by molar-refractivity contribution is 5.89. The van der Waals surface area contributed by atoms with Gasteiger partial charge in [0.25, 0.3) is 0 Å². The van der Waals surface area contributed by atoms with Crippen LogP contribution in [0.4, 0.5) is 4.39 Å². The van der Waals surface area contributed by atoms with Crippen LogP contribution in [0.5, 0.6) is 0 Å². The van der Waals surface area contributed by atoms with E-state index in [-0.39, 0.29) is 30.1 Å². The van der Waals surface area contributed by atoms with Crippen molar-refractivity contribution in [2.75, 3.05) is 19.6 Å². The molecule has 0 aromatic carbocycles. The summed E-state index contributed by atoms with van der Waals surface area (Å²) in [5, 5.41) is 0. The molecule has 0 aromatic heterocycles. The largest absolute Gasteiger partial charge is 0.339 e. The maximum absolute atomic E-state index is 13.3. The van der Waals surface area contributed by atoms with Crippen molar-refractivity contribution in [3.63, 3.8) is 0 Å². The lowest BCUT2D eigenvalue weighted by Crippen LogP contribution is -2.42. The van der Waals surface area contributed by atoms with Gasteiger partial charge in [0.05, 0.1) is 12.5 Å². The lowest BCUT2D eigenvalue weighted by molar-refractivity contribution is -0.135. The topological polar surface area (TPSA) is 40.6 Å². The molecule has 0 spiro atoms. The molecule has 0 N–H and O–H groups in total. The number of amides is 2. The number of carbonyl (C=O) groups is 2. The van der Waals surface area contributed by atoms with Gasteiger partial charge in [0, 0.05) is 25.6 Å². The van der Waals surface area contributed by atoms with Crippen LogP contribution in [0.2, 0.25) is 0 Å². The van der Waals surface area contributed by atoms with Gasteiger partial charge >= 0.3 is 0 Å². The second-order valence-corrected chi connectivity index (χ2v) is 6.44. The maximum Gasteiger partial charge on any atom is 0.228 e. The minimum Gasteiger partial charge on any atom is -0.339 e. The minimum atomic E-state index is -0.273. The molecule has 2 aliphatic heterocycles. The molecule has 2 fully saturated rings. The van der Waals surface area contributed by atoms with E-state index in [1.165, 1.54) is 25.3 Å². The SMILES string of the molecule is O=C([C@H]1CC(=O)N(C2CCCCC2)C1)N1CCC=C(F)C1. The van der Waals surface area contributed by atoms with Crippen LogP contribution in [0.3, 0.4) is 0 Å². The van der Waals surface area contributed by atoms with E-state index < -0.39 is 0 Å². The fourth-order valence-electron chi connectivity index (χ4n) is 3.79. The Labute approximate surface area is 125 Å². The fourth-order valence-corrected chi connectivity index (χ4v) is 3.79. The van der Waals surface area contributed by atoms with Crippen molar-refractivity contribution in [3.05, 3.63) is 11.9 Å². The molecule has 2 heterocycles. The molecule has 0 aromatic rings. The molecule has 3 aliphatic rings. The zero-order valence-electron chi connectivity index (χ0n) is 12.4. The normalized spacial score (nSPS) is 28.0. The first-order valence-corrected chi connectivity index (χ1v) is 8.08. The standard InChI is InChI=1S/C16H23FN2O2/c17-13-5-4-8-18(11-13)16(21)12-9-15(20)19(10-12)14-6-2-1-3-7-14/h5,12,14H,1-4,6-11H2/t12-/m0/s1. The smallest absolute Gasteiger partial charge is 0.228 e. The van der Waals surface area contributed by atoms with E-state index >= 15 is 0 Å². The molecular formula is C16H23FN2O2. The molecule has 3 rings (SSSR count). The lowest BCUT2D eigenvalue weighted by Gasteiger charge is -2.32. The van der Waals surface area contributed by atoms with E-state index in [0.29, 0.717) is 32.0 Å². The summed E-state index contributed by atoms with van der Waals surface area (Å²) in [7, 11) is 0. The Bertz CT molecular complexity index is 457. The first kappa shape index (κ1) is 14.5. The van der Waals surface area contributed by atoms with Gasteiger partial charge < -0.3 is 9.80 Å². The maximum atomic E-state index is 13.3. The van der Waals surface area contributed by atoms with Crippen molar-refractivity contribution in [2.24, 2.45) is 5.92 Å². The minimum absolute atomic E-state index is 0.0510. The highest BCUT2D eigenvalue weighted by Gasteiger charge is 2.39. The fraction of sp³-hybridized carbons (Fsp3) is 0.750. The summed E-state index contributed by atoms with van der Waals surface area (Å²) in [6.45, 7) is 1.18. The third kappa shape index (κ3) is 3.11. The molecule has 0 unspecified atom stereocenters. The highest BCUT2D eigenvalue weighted by Crippen LogP contribution is 2.29. The van der Waals surface area contributed by atoms with Gasteiger partial charge in [0.2, 0.25) is 11.8 Å². The van der Waals surface area contributed by atoms with E-state index in [1.807, 2.05) is 4.90 Å². The Hall–Kier alpha value is -1.39. The monoisotopic (exact) mass is 294 g/mol. The summed E-state index contributed by atoms with van der Waals surface area (Å²) >= 11 is 0. The summed E-state index contributed by atoms with van der Waals surface area (Å²) in [5.74, 6) is -0.452. The quantitative estimate of drug-likeness (QED) is 0.784. The lowest BCUT2D eigenvalue weighted by atomic mass is 9.94. The van der Waals surface area contributed by atoms with Crippen molar-refractivity contribution in [1.29, 1.82) is 0 Å². The van der Waals surface area contributed by atoms with Gasteiger partial charge in [-0.05, 0) is 25.3 Å². The van der Waals surface area contributed by atoms with Gasteiger partial charge in [-0.25, -0.2) is 4.39 Å². The number of carbonyl (C=O) groups excluding carboxylic acids is 2. The molecular weight excluding hydrogens is 271 g/mol.